The molecule has 5 nitrogen and oxygen atoms in total. The molecule has 1 amide bonds. The summed E-state index contributed by atoms with van der Waals surface area (Å²) in [7, 11) is 0. The molecule has 0 spiro atoms. The molecule has 1 N–H and O–H groups in total. The van der Waals surface area contributed by atoms with Gasteiger partial charge in [-0.3, -0.25) is 14.9 Å². The quantitative estimate of drug-likeness (QED) is 0.626. The molecule has 0 unspecified atom stereocenters. The Hall–Kier alpha value is -1.91. The summed E-state index contributed by atoms with van der Waals surface area (Å²) < 4.78 is 0. The summed E-state index contributed by atoms with van der Waals surface area (Å²) in [5, 5.41) is 13.4. The number of carbonyl (C=O) groups is 1. The van der Waals surface area contributed by atoms with Gasteiger partial charge in [-0.1, -0.05) is 19.1 Å². The lowest BCUT2D eigenvalue weighted by Gasteiger charge is -2.11. The summed E-state index contributed by atoms with van der Waals surface area (Å²) in [5.41, 5.74) is -0.0592. The maximum absolute atomic E-state index is 11.7. The van der Waals surface area contributed by atoms with Crippen LogP contribution in [0.1, 0.15) is 30.6 Å². The summed E-state index contributed by atoms with van der Waals surface area (Å²) in [6, 6.07) is 5.94. The van der Waals surface area contributed by atoms with Gasteiger partial charge in [0.25, 0.3) is 11.6 Å². The Kier molecular flexibility index (Phi) is 3.99. The zero-order chi connectivity index (χ0) is 12.1. The molecule has 1 aromatic carbocycles. The van der Waals surface area contributed by atoms with Crippen LogP contribution in [0, 0.1) is 10.1 Å². The first-order valence-corrected chi connectivity index (χ1v) is 5.10. The summed E-state index contributed by atoms with van der Waals surface area (Å²) in [6.45, 7) is 3.79. The summed E-state index contributed by atoms with van der Waals surface area (Å²) in [4.78, 5) is 21.9. The van der Waals surface area contributed by atoms with Crippen molar-refractivity contribution in [2.75, 3.05) is 0 Å². The van der Waals surface area contributed by atoms with Crippen molar-refractivity contribution in [2.24, 2.45) is 0 Å². The molecule has 16 heavy (non-hydrogen) atoms. The molecular weight excluding hydrogens is 208 g/mol. The van der Waals surface area contributed by atoms with Crippen molar-refractivity contribution in [1.82, 2.24) is 5.32 Å². The first-order chi connectivity index (χ1) is 7.56. The molecular formula is C11H14N2O3. The number of hydrogen-bond donors (Lipinski definition) is 1. The van der Waals surface area contributed by atoms with Gasteiger partial charge in [0.15, 0.2) is 0 Å². The van der Waals surface area contributed by atoms with Crippen molar-refractivity contribution in [2.45, 2.75) is 26.3 Å². The Labute approximate surface area is 93.6 Å². The van der Waals surface area contributed by atoms with Crippen molar-refractivity contribution in [1.29, 1.82) is 0 Å². The normalized spacial score (nSPS) is 11.9. The van der Waals surface area contributed by atoms with E-state index in [0.29, 0.717) is 0 Å². The van der Waals surface area contributed by atoms with Gasteiger partial charge in [0.05, 0.1) is 4.92 Å². The second kappa shape index (κ2) is 5.25. The third kappa shape index (κ3) is 2.79. The minimum Gasteiger partial charge on any atom is -0.349 e. The minimum absolute atomic E-state index is 0.00677. The molecule has 0 saturated heterocycles. The zero-order valence-electron chi connectivity index (χ0n) is 9.27. The lowest BCUT2D eigenvalue weighted by Crippen LogP contribution is -2.32. The highest BCUT2D eigenvalue weighted by atomic mass is 16.6. The maximum Gasteiger partial charge on any atom is 0.282 e. The molecule has 0 heterocycles. The van der Waals surface area contributed by atoms with Crippen LogP contribution in [0.3, 0.4) is 0 Å². The van der Waals surface area contributed by atoms with E-state index in [1.54, 1.807) is 6.07 Å². The predicted octanol–water partition coefficient (Wildman–Crippen LogP) is 2.12. The second-order valence-electron chi connectivity index (χ2n) is 3.56. The molecule has 1 rings (SSSR count). The Morgan fingerprint density at radius 1 is 1.50 bits per heavy atom. The molecule has 0 saturated carbocycles. The summed E-state index contributed by atoms with van der Waals surface area (Å²) >= 11 is 0. The molecule has 0 radical (unpaired) electrons. The molecule has 0 fully saturated rings. The van der Waals surface area contributed by atoms with Crippen molar-refractivity contribution >= 4 is 11.6 Å². The first kappa shape index (κ1) is 12.2. The third-order valence-electron chi connectivity index (χ3n) is 2.34. The Bertz CT molecular complexity index is 404. The lowest BCUT2D eigenvalue weighted by molar-refractivity contribution is -0.385. The fourth-order valence-corrected chi connectivity index (χ4v) is 1.23. The SMILES string of the molecule is CC[C@H](C)NC(=O)c1ccccc1[N+](=O)[O-]. The van der Waals surface area contributed by atoms with Crippen LogP contribution >= 0.6 is 0 Å². The molecule has 0 aliphatic carbocycles. The summed E-state index contributed by atoms with van der Waals surface area (Å²) in [5.74, 6) is -0.401. The molecule has 0 bridgehead atoms. The van der Waals surface area contributed by atoms with E-state index in [1.807, 2.05) is 13.8 Å². The first-order valence-electron chi connectivity index (χ1n) is 5.10. The highest BCUT2D eigenvalue weighted by Crippen LogP contribution is 2.17. The van der Waals surface area contributed by atoms with Gasteiger partial charge >= 0.3 is 0 Å². The third-order valence-corrected chi connectivity index (χ3v) is 2.34. The highest BCUT2D eigenvalue weighted by molar-refractivity contribution is 5.98. The van der Waals surface area contributed by atoms with Crippen LogP contribution in [-0.4, -0.2) is 16.9 Å². The fraction of sp³-hybridized carbons (Fsp3) is 0.364. The van der Waals surface area contributed by atoms with E-state index in [2.05, 4.69) is 5.32 Å². The highest BCUT2D eigenvalue weighted by Gasteiger charge is 2.19. The summed E-state index contributed by atoms with van der Waals surface area (Å²) in [6.07, 6.45) is 0.784. The number of nitro groups is 1. The van der Waals surface area contributed by atoms with Crippen LogP contribution in [0.4, 0.5) is 5.69 Å². The van der Waals surface area contributed by atoms with Gasteiger partial charge in [-0.2, -0.15) is 0 Å². The number of benzene rings is 1. The van der Waals surface area contributed by atoms with Crippen LogP contribution in [0.5, 0.6) is 0 Å². The van der Waals surface area contributed by atoms with Crippen molar-refractivity contribution in [3.8, 4) is 0 Å². The zero-order valence-corrected chi connectivity index (χ0v) is 9.27. The van der Waals surface area contributed by atoms with Crippen molar-refractivity contribution in [3.63, 3.8) is 0 Å². The Morgan fingerprint density at radius 3 is 2.69 bits per heavy atom. The number of hydrogen-bond acceptors (Lipinski definition) is 3. The van der Waals surface area contributed by atoms with E-state index in [-0.39, 0.29) is 17.3 Å². The standard InChI is InChI=1S/C11H14N2O3/c1-3-8(2)12-11(14)9-6-4-5-7-10(9)13(15)16/h4-8H,3H2,1-2H3,(H,12,14)/t8-/m0/s1. The largest absolute Gasteiger partial charge is 0.349 e. The van der Waals surface area contributed by atoms with Crippen LogP contribution in [0.25, 0.3) is 0 Å². The number of nitrogens with one attached hydrogen (secondary N) is 1. The van der Waals surface area contributed by atoms with Crippen LogP contribution in [0.15, 0.2) is 24.3 Å². The molecule has 0 aliphatic heterocycles. The van der Waals surface area contributed by atoms with E-state index >= 15 is 0 Å². The molecule has 0 aliphatic rings. The predicted molar refractivity (Wildman–Crippen MR) is 60.3 cm³/mol. The van der Waals surface area contributed by atoms with Crippen molar-refractivity contribution in [3.05, 3.63) is 39.9 Å². The number of nitro benzene ring substituents is 1. The van der Waals surface area contributed by atoms with Gasteiger partial charge in [-0.05, 0) is 19.4 Å². The number of carbonyl (C=O) groups excluding carboxylic acids is 1. The van der Waals surface area contributed by atoms with E-state index in [0.717, 1.165) is 6.42 Å². The van der Waals surface area contributed by atoms with Gasteiger partial charge in [0, 0.05) is 12.1 Å². The smallest absolute Gasteiger partial charge is 0.282 e. The molecule has 0 aromatic heterocycles. The van der Waals surface area contributed by atoms with Gasteiger partial charge in [-0.15, -0.1) is 0 Å². The monoisotopic (exact) mass is 222 g/mol. The Morgan fingerprint density at radius 2 is 2.12 bits per heavy atom. The van der Waals surface area contributed by atoms with Crippen LogP contribution in [0.2, 0.25) is 0 Å². The van der Waals surface area contributed by atoms with Crippen molar-refractivity contribution < 1.29 is 9.72 Å². The molecule has 1 aromatic rings. The second-order valence-corrected chi connectivity index (χ2v) is 3.56. The van der Waals surface area contributed by atoms with E-state index in [9.17, 15) is 14.9 Å². The average Bonchev–Trinajstić information content (AvgIpc) is 2.28. The average molecular weight is 222 g/mol. The van der Waals surface area contributed by atoms with Gasteiger partial charge in [-0.25, -0.2) is 0 Å². The number of nitrogens with zero attached hydrogens (tertiary/aromatic N) is 1. The number of para-hydroxylation sites is 1. The van der Waals surface area contributed by atoms with Gasteiger partial charge in [0.1, 0.15) is 5.56 Å². The topological polar surface area (TPSA) is 72.2 Å². The van der Waals surface area contributed by atoms with Gasteiger partial charge < -0.3 is 5.32 Å². The lowest BCUT2D eigenvalue weighted by atomic mass is 10.1. The number of amides is 1. The maximum atomic E-state index is 11.7. The fourth-order valence-electron chi connectivity index (χ4n) is 1.23. The molecule has 5 heteroatoms. The van der Waals surface area contributed by atoms with E-state index in [4.69, 9.17) is 0 Å². The molecule has 1 atom stereocenters. The molecule has 86 valence electrons. The van der Waals surface area contributed by atoms with Crippen LogP contribution in [-0.2, 0) is 0 Å². The minimum atomic E-state index is -0.550. The van der Waals surface area contributed by atoms with Gasteiger partial charge in [0.2, 0.25) is 0 Å². The van der Waals surface area contributed by atoms with Crippen LogP contribution < -0.4 is 5.32 Å². The van der Waals surface area contributed by atoms with E-state index in [1.165, 1.54) is 18.2 Å². The number of rotatable bonds is 4. The Balaban J connectivity index is 2.95. The van der Waals surface area contributed by atoms with E-state index < -0.39 is 10.8 Å².